The van der Waals surface area contributed by atoms with Crippen molar-refractivity contribution in [3.63, 3.8) is 0 Å². The molecule has 7 nitrogen and oxygen atoms in total. The van der Waals surface area contributed by atoms with Gasteiger partial charge in [-0.15, -0.1) is 0 Å². The molecule has 1 heterocycles. The number of rotatable bonds is 14. The molecule has 0 spiro atoms. The van der Waals surface area contributed by atoms with Crippen molar-refractivity contribution in [3.8, 4) is 11.5 Å². The third-order valence-electron chi connectivity index (χ3n) is 6.96. The van der Waals surface area contributed by atoms with Gasteiger partial charge in [0.15, 0.2) is 0 Å². The predicted octanol–water partition coefficient (Wildman–Crippen LogP) is 5.73. The molecule has 2 aromatic rings. The molecular formula is C31H42N2O5. The van der Waals surface area contributed by atoms with Gasteiger partial charge in [0, 0.05) is 18.7 Å². The maximum Gasteiger partial charge on any atom is 0.295 e. The molecule has 1 atom stereocenters. The minimum atomic E-state index is -0.688. The molecule has 1 N–H and O–H groups in total. The molecule has 1 aliphatic heterocycles. The molecule has 0 bridgehead atoms. The number of amides is 1. The van der Waals surface area contributed by atoms with Crippen molar-refractivity contribution >= 4 is 17.4 Å². The third kappa shape index (κ3) is 6.76. The topological polar surface area (TPSA) is 79.3 Å². The highest BCUT2D eigenvalue weighted by Gasteiger charge is 2.46. The summed E-state index contributed by atoms with van der Waals surface area (Å²) >= 11 is 0. The Balaban J connectivity index is 2.02. The van der Waals surface area contributed by atoms with E-state index in [1.807, 2.05) is 44.2 Å². The molecule has 38 heavy (non-hydrogen) atoms. The molecule has 0 aliphatic carbocycles. The SMILES string of the molecule is CCCCOc1ccc(/C(O)=C2\C(=O)C(=O)N(CCN(CC)CC)C2c2ccc(OCCC)cc2)cc1C. The molecule has 0 radical (unpaired) electrons. The van der Waals surface area contributed by atoms with E-state index in [0.717, 1.165) is 55.0 Å². The number of aryl methyl sites for hydroxylation is 1. The molecule has 1 saturated heterocycles. The number of benzene rings is 2. The number of ketones is 1. The number of aliphatic hydroxyl groups excluding tert-OH is 1. The Bertz CT molecular complexity index is 1120. The Hall–Kier alpha value is -3.32. The molecule has 1 unspecified atom stereocenters. The fraction of sp³-hybridized carbons (Fsp3) is 0.484. The van der Waals surface area contributed by atoms with Crippen molar-refractivity contribution in [1.29, 1.82) is 0 Å². The molecule has 2 aromatic carbocycles. The minimum absolute atomic E-state index is 0.107. The van der Waals surface area contributed by atoms with Gasteiger partial charge >= 0.3 is 0 Å². The maximum atomic E-state index is 13.4. The van der Waals surface area contributed by atoms with Crippen LogP contribution < -0.4 is 9.47 Å². The van der Waals surface area contributed by atoms with E-state index in [2.05, 4.69) is 25.7 Å². The smallest absolute Gasteiger partial charge is 0.295 e. The van der Waals surface area contributed by atoms with Crippen molar-refractivity contribution in [2.45, 2.75) is 59.9 Å². The van der Waals surface area contributed by atoms with E-state index in [4.69, 9.17) is 9.47 Å². The van der Waals surface area contributed by atoms with Crippen LogP contribution in [-0.2, 0) is 9.59 Å². The van der Waals surface area contributed by atoms with Crippen molar-refractivity contribution < 1.29 is 24.2 Å². The van der Waals surface area contributed by atoms with E-state index in [1.165, 1.54) is 0 Å². The second-order valence-electron chi connectivity index (χ2n) is 9.62. The average Bonchev–Trinajstić information content (AvgIpc) is 3.18. The third-order valence-corrected chi connectivity index (χ3v) is 6.96. The number of aliphatic hydroxyl groups is 1. The van der Waals surface area contributed by atoms with Crippen molar-refractivity contribution in [1.82, 2.24) is 9.80 Å². The van der Waals surface area contributed by atoms with Crippen LogP contribution in [0.2, 0.25) is 0 Å². The summed E-state index contributed by atoms with van der Waals surface area (Å²) in [4.78, 5) is 30.4. The fourth-order valence-electron chi connectivity index (χ4n) is 4.65. The number of nitrogens with zero attached hydrogens (tertiary/aromatic N) is 2. The number of unbranched alkanes of at least 4 members (excludes halogenated alkanes) is 1. The quantitative estimate of drug-likeness (QED) is 0.148. The summed E-state index contributed by atoms with van der Waals surface area (Å²) in [6.45, 7) is 14.2. The van der Waals surface area contributed by atoms with Crippen LogP contribution in [-0.4, -0.2) is 66.0 Å². The zero-order chi connectivity index (χ0) is 27.7. The molecule has 3 rings (SSSR count). The summed E-state index contributed by atoms with van der Waals surface area (Å²) in [6, 6.07) is 12.1. The standard InChI is InChI=1S/C31H42N2O5/c1-6-10-20-38-26-16-13-24(21-22(26)5)29(34)27-28(23-11-14-25(15-12-23)37-19-7-2)33(31(36)30(27)35)18-17-32(8-3)9-4/h11-16,21,28,34H,6-10,17-20H2,1-5H3/b29-27+. The lowest BCUT2D eigenvalue weighted by Gasteiger charge is -2.28. The second kappa shape index (κ2) is 14.0. The molecule has 0 saturated carbocycles. The molecule has 206 valence electrons. The van der Waals surface area contributed by atoms with Crippen molar-refractivity contribution in [3.05, 3.63) is 64.7 Å². The summed E-state index contributed by atoms with van der Waals surface area (Å²) in [6.07, 6.45) is 2.90. The number of hydrogen-bond donors (Lipinski definition) is 1. The first kappa shape index (κ1) is 29.2. The zero-order valence-corrected chi connectivity index (χ0v) is 23.5. The lowest BCUT2D eigenvalue weighted by molar-refractivity contribution is -0.140. The van der Waals surface area contributed by atoms with Crippen LogP contribution in [0.4, 0.5) is 0 Å². The molecule has 1 amide bonds. The van der Waals surface area contributed by atoms with Crippen LogP contribution in [0, 0.1) is 6.92 Å². The summed E-state index contributed by atoms with van der Waals surface area (Å²) in [5.41, 5.74) is 2.20. The Labute approximate surface area is 227 Å². The highest BCUT2D eigenvalue weighted by Crippen LogP contribution is 2.40. The monoisotopic (exact) mass is 522 g/mol. The summed E-state index contributed by atoms with van der Waals surface area (Å²) in [7, 11) is 0. The lowest BCUT2D eigenvalue weighted by Crippen LogP contribution is -2.38. The van der Waals surface area contributed by atoms with Gasteiger partial charge in [-0.3, -0.25) is 9.59 Å². The van der Waals surface area contributed by atoms with E-state index >= 15 is 0 Å². The summed E-state index contributed by atoms with van der Waals surface area (Å²) in [5, 5.41) is 11.4. The Morgan fingerprint density at radius 2 is 1.66 bits per heavy atom. The van der Waals surface area contributed by atoms with Crippen LogP contribution in [0.3, 0.4) is 0 Å². The first-order chi connectivity index (χ1) is 18.4. The van der Waals surface area contributed by atoms with E-state index in [0.29, 0.717) is 31.9 Å². The highest BCUT2D eigenvalue weighted by atomic mass is 16.5. The number of likely N-dealkylation sites (tertiary alicyclic amines) is 1. The van der Waals surface area contributed by atoms with Gasteiger partial charge in [0.05, 0.1) is 24.8 Å². The molecule has 1 aliphatic rings. The average molecular weight is 523 g/mol. The van der Waals surface area contributed by atoms with E-state index in [-0.39, 0.29) is 11.3 Å². The summed E-state index contributed by atoms with van der Waals surface area (Å²) in [5.74, 6) is 0.0395. The fourth-order valence-corrected chi connectivity index (χ4v) is 4.65. The van der Waals surface area contributed by atoms with Gasteiger partial charge in [-0.05, 0) is 74.3 Å². The van der Waals surface area contributed by atoms with Crippen LogP contribution in [0.1, 0.15) is 69.7 Å². The Morgan fingerprint density at radius 3 is 2.26 bits per heavy atom. The normalized spacial score (nSPS) is 16.9. The van der Waals surface area contributed by atoms with Crippen molar-refractivity contribution in [2.75, 3.05) is 39.4 Å². The lowest BCUT2D eigenvalue weighted by atomic mass is 9.94. The van der Waals surface area contributed by atoms with Gasteiger partial charge in [-0.25, -0.2) is 0 Å². The van der Waals surface area contributed by atoms with E-state index in [1.54, 1.807) is 17.0 Å². The van der Waals surface area contributed by atoms with Crippen LogP contribution in [0.25, 0.3) is 5.76 Å². The van der Waals surface area contributed by atoms with E-state index in [9.17, 15) is 14.7 Å². The number of carbonyl (C=O) groups excluding carboxylic acids is 2. The van der Waals surface area contributed by atoms with Crippen LogP contribution in [0.5, 0.6) is 11.5 Å². The van der Waals surface area contributed by atoms with Gasteiger partial charge in [-0.1, -0.05) is 46.2 Å². The van der Waals surface area contributed by atoms with Gasteiger partial charge in [0.2, 0.25) is 0 Å². The molecule has 1 fully saturated rings. The largest absolute Gasteiger partial charge is 0.507 e. The van der Waals surface area contributed by atoms with Gasteiger partial charge in [-0.2, -0.15) is 0 Å². The number of ether oxygens (including phenoxy) is 2. The Morgan fingerprint density at radius 1 is 0.947 bits per heavy atom. The zero-order valence-electron chi connectivity index (χ0n) is 23.5. The van der Waals surface area contributed by atoms with Crippen molar-refractivity contribution in [2.24, 2.45) is 0 Å². The van der Waals surface area contributed by atoms with Crippen LogP contribution >= 0.6 is 0 Å². The maximum absolute atomic E-state index is 13.4. The summed E-state index contributed by atoms with van der Waals surface area (Å²) < 4.78 is 11.6. The van der Waals surface area contributed by atoms with Gasteiger partial charge in [0.1, 0.15) is 17.3 Å². The minimum Gasteiger partial charge on any atom is -0.507 e. The van der Waals surface area contributed by atoms with E-state index < -0.39 is 17.7 Å². The molecule has 0 aromatic heterocycles. The number of Topliss-reactive ketones (excluding diaryl/α,β-unsaturated/α-hetero) is 1. The first-order valence-corrected chi connectivity index (χ1v) is 13.8. The molecule has 7 heteroatoms. The Kier molecular flexibility index (Phi) is 10.8. The first-order valence-electron chi connectivity index (χ1n) is 13.8. The predicted molar refractivity (Wildman–Crippen MR) is 151 cm³/mol. The highest BCUT2D eigenvalue weighted by molar-refractivity contribution is 6.46. The number of likely N-dealkylation sites (N-methyl/N-ethyl adjacent to an activating group) is 1. The second-order valence-corrected chi connectivity index (χ2v) is 9.62. The van der Waals surface area contributed by atoms with Gasteiger partial charge in [0.25, 0.3) is 11.7 Å². The van der Waals surface area contributed by atoms with Crippen LogP contribution in [0.15, 0.2) is 48.0 Å². The van der Waals surface area contributed by atoms with Gasteiger partial charge < -0.3 is 24.4 Å². The number of hydrogen-bond acceptors (Lipinski definition) is 6. The molecular weight excluding hydrogens is 480 g/mol. The number of carbonyl (C=O) groups is 2.